The second-order valence-corrected chi connectivity index (χ2v) is 9.03. The van der Waals surface area contributed by atoms with E-state index in [9.17, 15) is 14.4 Å². The van der Waals surface area contributed by atoms with Crippen LogP contribution in [0.15, 0.2) is 12.2 Å². The molecule has 0 atom stereocenters. The zero-order chi connectivity index (χ0) is 24.4. The van der Waals surface area contributed by atoms with Gasteiger partial charge in [0.1, 0.15) is 0 Å². The van der Waals surface area contributed by atoms with Crippen molar-refractivity contribution in [1.82, 2.24) is 25.3 Å². The van der Waals surface area contributed by atoms with Gasteiger partial charge in [-0.2, -0.15) is 0 Å². The lowest BCUT2D eigenvalue weighted by Crippen LogP contribution is -2.48. The SMILES string of the molecule is CCOCCCNC(=O)CCCC(=O)NCCN1CCN(C/C=C/C(=O)N2CCCCC2)CC1. The van der Waals surface area contributed by atoms with Crippen molar-refractivity contribution in [3.8, 4) is 0 Å². The predicted molar refractivity (Wildman–Crippen MR) is 133 cm³/mol. The fourth-order valence-electron chi connectivity index (χ4n) is 4.20. The maximum absolute atomic E-state index is 12.2. The molecule has 9 nitrogen and oxygen atoms in total. The van der Waals surface area contributed by atoms with Gasteiger partial charge in [-0.05, 0) is 39.0 Å². The molecule has 0 spiro atoms. The molecule has 0 radical (unpaired) electrons. The van der Waals surface area contributed by atoms with Gasteiger partial charge in [-0.3, -0.25) is 24.2 Å². The molecule has 3 amide bonds. The number of ether oxygens (including phenoxy) is 1. The van der Waals surface area contributed by atoms with E-state index >= 15 is 0 Å². The van der Waals surface area contributed by atoms with E-state index in [0.29, 0.717) is 45.6 Å². The molecule has 0 aromatic carbocycles. The smallest absolute Gasteiger partial charge is 0.246 e. The topological polar surface area (TPSA) is 94.2 Å². The number of carbonyl (C=O) groups excluding carboxylic acids is 3. The number of rotatable bonds is 15. The number of carbonyl (C=O) groups is 3. The highest BCUT2D eigenvalue weighted by molar-refractivity contribution is 5.87. The Morgan fingerprint density at radius 3 is 2.15 bits per heavy atom. The maximum Gasteiger partial charge on any atom is 0.246 e. The van der Waals surface area contributed by atoms with E-state index in [-0.39, 0.29) is 17.7 Å². The van der Waals surface area contributed by atoms with Gasteiger partial charge in [-0.15, -0.1) is 0 Å². The molecule has 2 saturated heterocycles. The Bertz CT molecular complexity index is 629. The Labute approximate surface area is 205 Å². The average Bonchev–Trinajstić information content (AvgIpc) is 2.85. The molecule has 194 valence electrons. The summed E-state index contributed by atoms with van der Waals surface area (Å²) in [4.78, 5) is 42.6. The van der Waals surface area contributed by atoms with Crippen LogP contribution in [0.5, 0.6) is 0 Å². The second-order valence-electron chi connectivity index (χ2n) is 9.03. The van der Waals surface area contributed by atoms with Crippen LogP contribution in [0.2, 0.25) is 0 Å². The highest BCUT2D eigenvalue weighted by Gasteiger charge is 2.17. The minimum Gasteiger partial charge on any atom is -0.382 e. The lowest BCUT2D eigenvalue weighted by molar-refractivity contribution is -0.127. The van der Waals surface area contributed by atoms with Crippen LogP contribution >= 0.6 is 0 Å². The molecule has 2 N–H and O–H groups in total. The van der Waals surface area contributed by atoms with Gasteiger partial charge >= 0.3 is 0 Å². The number of hydrogen-bond acceptors (Lipinski definition) is 6. The van der Waals surface area contributed by atoms with Crippen molar-refractivity contribution < 1.29 is 19.1 Å². The average molecular weight is 480 g/mol. The predicted octanol–water partition coefficient (Wildman–Crippen LogP) is 1.00. The van der Waals surface area contributed by atoms with Crippen molar-refractivity contribution in [2.45, 2.75) is 51.9 Å². The van der Waals surface area contributed by atoms with E-state index in [1.807, 2.05) is 17.9 Å². The van der Waals surface area contributed by atoms with Crippen LogP contribution < -0.4 is 10.6 Å². The minimum absolute atomic E-state index is 0.00583. The summed E-state index contributed by atoms with van der Waals surface area (Å²) in [6.07, 6.45) is 9.33. The van der Waals surface area contributed by atoms with Crippen molar-refractivity contribution in [2.75, 3.05) is 78.7 Å². The van der Waals surface area contributed by atoms with E-state index in [0.717, 1.165) is 71.6 Å². The Morgan fingerprint density at radius 2 is 1.47 bits per heavy atom. The van der Waals surface area contributed by atoms with E-state index in [1.54, 1.807) is 6.08 Å². The zero-order valence-corrected chi connectivity index (χ0v) is 21.1. The first kappa shape index (κ1) is 28.3. The summed E-state index contributed by atoms with van der Waals surface area (Å²) in [5.74, 6) is 0.145. The molecular weight excluding hydrogens is 434 g/mol. The number of piperazine rings is 1. The summed E-state index contributed by atoms with van der Waals surface area (Å²) in [6.45, 7) is 11.8. The molecule has 2 rings (SSSR count). The molecule has 0 saturated carbocycles. The van der Waals surface area contributed by atoms with Gasteiger partial charge in [-0.25, -0.2) is 0 Å². The summed E-state index contributed by atoms with van der Waals surface area (Å²) < 4.78 is 5.23. The largest absolute Gasteiger partial charge is 0.382 e. The van der Waals surface area contributed by atoms with Crippen LogP contribution in [0.4, 0.5) is 0 Å². The van der Waals surface area contributed by atoms with Gasteiger partial charge in [0.25, 0.3) is 0 Å². The lowest BCUT2D eigenvalue weighted by atomic mass is 10.1. The molecular formula is C25H45N5O4. The fourth-order valence-corrected chi connectivity index (χ4v) is 4.20. The van der Waals surface area contributed by atoms with Crippen LogP contribution in [-0.4, -0.2) is 111 Å². The number of hydrogen-bond donors (Lipinski definition) is 2. The van der Waals surface area contributed by atoms with Crippen molar-refractivity contribution in [2.24, 2.45) is 0 Å². The molecule has 2 fully saturated rings. The molecule has 2 heterocycles. The Morgan fingerprint density at radius 1 is 0.824 bits per heavy atom. The summed E-state index contributed by atoms with van der Waals surface area (Å²) in [5.41, 5.74) is 0. The van der Waals surface area contributed by atoms with Gasteiger partial charge in [-0.1, -0.05) is 6.08 Å². The molecule has 0 bridgehead atoms. The maximum atomic E-state index is 12.2. The molecule has 34 heavy (non-hydrogen) atoms. The quantitative estimate of drug-likeness (QED) is 0.269. The van der Waals surface area contributed by atoms with Gasteiger partial charge in [0, 0.05) is 97.6 Å². The summed E-state index contributed by atoms with van der Waals surface area (Å²) in [7, 11) is 0. The monoisotopic (exact) mass is 479 g/mol. The van der Waals surface area contributed by atoms with Crippen LogP contribution in [0, 0.1) is 0 Å². The van der Waals surface area contributed by atoms with Crippen LogP contribution in [0.25, 0.3) is 0 Å². The highest BCUT2D eigenvalue weighted by Crippen LogP contribution is 2.09. The molecule has 0 aliphatic carbocycles. The lowest BCUT2D eigenvalue weighted by Gasteiger charge is -2.34. The number of piperidine rings is 1. The Kier molecular flexibility index (Phi) is 14.5. The number of amides is 3. The fraction of sp³-hybridized carbons (Fsp3) is 0.800. The Balaban J connectivity index is 1.45. The number of likely N-dealkylation sites (tertiary alicyclic amines) is 1. The van der Waals surface area contributed by atoms with Gasteiger partial charge in [0.05, 0.1) is 0 Å². The van der Waals surface area contributed by atoms with E-state index < -0.39 is 0 Å². The normalized spacial score (nSPS) is 17.7. The number of nitrogens with zero attached hydrogens (tertiary/aromatic N) is 3. The van der Waals surface area contributed by atoms with Gasteiger partial charge in [0.2, 0.25) is 17.7 Å². The molecule has 0 aromatic heterocycles. The molecule has 2 aliphatic rings. The summed E-state index contributed by atoms with van der Waals surface area (Å²) in [6, 6.07) is 0. The first-order valence-corrected chi connectivity index (χ1v) is 13.1. The standard InChI is InChI=1S/C25H45N5O4/c1-2-34-22-8-12-26-23(31)9-6-10-24(32)27-13-17-29-20-18-28(19-21-29)14-7-11-25(33)30-15-4-3-5-16-30/h7,11H,2-6,8-10,12-22H2,1H3,(H,26,31)(H,27,32)/b11-7+. The third kappa shape index (κ3) is 12.5. The first-order chi connectivity index (χ1) is 16.6. The third-order valence-electron chi connectivity index (χ3n) is 6.31. The van der Waals surface area contributed by atoms with Gasteiger partial charge in [0.15, 0.2) is 0 Å². The minimum atomic E-state index is -0.00660. The molecule has 9 heteroatoms. The van der Waals surface area contributed by atoms with Crippen molar-refractivity contribution >= 4 is 17.7 Å². The van der Waals surface area contributed by atoms with E-state index in [4.69, 9.17) is 4.74 Å². The molecule has 0 aromatic rings. The highest BCUT2D eigenvalue weighted by atomic mass is 16.5. The van der Waals surface area contributed by atoms with Gasteiger partial charge < -0.3 is 20.3 Å². The zero-order valence-electron chi connectivity index (χ0n) is 21.1. The number of nitrogens with one attached hydrogen (secondary N) is 2. The van der Waals surface area contributed by atoms with Crippen molar-refractivity contribution in [1.29, 1.82) is 0 Å². The van der Waals surface area contributed by atoms with E-state index in [2.05, 4.69) is 20.4 Å². The summed E-state index contributed by atoms with van der Waals surface area (Å²) >= 11 is 0. The summed E-state index contributed by atoms with van der Waals surface area (Å²) in [5, 5.41) is 5.82. The first-order valence-electron chi connectivity index (χ1n) is 13.1. The third-order valence-corrected chi connectivity index (χ3v) is 6.31. The van der Waals surface area contributed by atoms with Crippen LogP contribution in [0.3, 0.4) is 0 Å². The second kappa shape index (κ2) is 17.5. The molecule has 0 unspecified atom stereocenters. The molecule has 2 aliphatic heterocycles. The Hall–Kier alpha value is -1.97. The van der Waals surface area contributed by atoms with Crippen molar-refractivity contribution in [3.05, 3.63) is 12.2 Å². The van der Waals surface area contributed by atoms with Crippen molar-refractivity contribution in [3.63, 3.8) is 0 Å². The van der Waals surface area contributed by atoms with Crippen LogP contribution in [0.1, 0.15) is 51.9 Å². The van der Waals surface area contributed by atoms with Crippen LogP contribution in [-0.2, 0) is 19.1 Å². The van der Waals surface area contributed by atoms with E-state index in [1.165, 1.54) is 6.42 Å².